The number of rotatable bonds is 2. The van der Waals surface area contributed by atoms with Crippen molar-refractivity contribution < 1.29 is 26.2 Å². The summed E-state index contributed by atoms with van der Waals surface area (Å²) in [5.74, 6) is 3.23. The van der Waals surface area contributed by atoms with Crippen LogP contribution >= 0.6 is 0 Å². The molecule has 2 aromatic rings. The van der Waals surface area contributed by atoms with Crippen LogP contribution in [-0.4, -0.2) is 0 Å². The van der Waals surface area contributed by atoms with Gasteiger partial charge in [0.1, 0.15) is 0 Å². The summed E-state index contributed by atoms with van der Waals surface area (Å²) in [6.45, 7) is 30.2. The molecule has 0 N–H and O–H groups in total. The fraction of sp³-hybridized carbons (Fsp3) is 0.548. The Labute approximate surface area is 299 Å². The van der Waals surface area contributed by atoms with Crippen LogP contribution < -0.4 is 0 Å². The average molecular weight is 685 g/mol. The largest absolute Gasteiger partial charge is 4.00 e. The van der Waals surface area contributed by atoms with Gasteiger partial charge < -0.3 is 27.6 Å². The van der Waals surface area contributed by atoms with Gasteiger partial charge in [0.25, 0.3) is 0 Å². The molecular formula is C42H75NZr. The molecule has 3 aliphatic rings. The molecule has 1 fully saturated rings. The first-order valence-electron chi connectivity index (χ1n) is 16.6. The Hall–Kier alpha value is -1.40. The number of nitrogens with zero attached hydrogens (tertiary/aromatic N) is 1. The molecule has 2 heteroatoms. The Bertz CT molecular complexity index is 864. The molecule has 0 spiro atoms. The predicted octanol–water partition coefficient (Wildman–Crippen LogP) is 15.6. The van der Waals surface area contributed by atoms with Gasteiger partial charge in [-0.25, -0.2) is 0 Å². The van der Waals surface area contributed by atoms with Gasteiger partial charge in [0.05, 0.1) is 0 Å². The molecule has 44 heavy (non-hydrogen) atoms. The normalized spacial score (nSPS) is 19.6. The summed E-state index contributed by atoms with van der Waals surface area (Å²) in [6, 6.07) is 19.9. The predicted molar refractivity (Wildman–Crippen MR) is 205 cm³/mol. The second-order valence-electron chi connectivity index (χ2n) is 9.92. The fourth-order valence-corrected chi connectivity index (χ4v) is 5.59. The third-order valence-electron chi connectivity index (χ3n) is 8.03. The van der Waals surface area contributed by atoms with Crippen molar-refractivity contribution in [1.29, 1.82) is 0 Å². The second kappa shape index (κ2) is 34.5. The molecule has 3 aliphatic carbocycles. The maximum absolute atomic E-state index is 4.44. The van der Waals surface area contributed by atoms with Gasteiger partial charge in [0, 0.05) is 0 Å². The van der Waals surface area contributed by atoms with Crippen LogP contribution in [0.5, 0.6) is 0 Å². The van der Waals surface area contributed by atoms with Crippen LogP contribution in [0.1, 0.15) is 129 Å². The van der Waals surface area contributed by atoms with Crippen molar-refractivity contribution in [1.82, 2.24) is 0 Å². The van der Waals surface area contributed by atoms with Crippen LogP contribution in [0.15, 0.2) is 83.0 Å². The summed E-state index contributed by atoms with van der Waals surface area (Å²) in [5, 5.41) is 4.44. The number of allylic oxidation sites excluding steroid dienone is 4. The van der Waals surface area contributed by atoms with E-state index in [0.29, 0.717) is 0 Å². The number of fused-ring (bicyclic) bond motifs is 1. The minimum absolute atomic E-state index is 0. The van der Waals surface area contributed by atoms with Crippen molar-refractivity contribution in [2.24, 2.45) is 23.7 Å². The molecule has 0 heterocycles. The summed E-state index contributed by atoms with van der Waals surface area (Å²) in [7, 11) is 0. The summed E-state index contributed by atoms with van der Waals surface area (Å²) < 4.78 is 0. The van der Waals surface area contributed by atoms with Crippen LogP contribution in [0.25, 0.3) is 5.32 Å². The minimum atomic E-state index is 0. The maximum atomic E-state index is 4.44. The molecule has 0 bridgehead atoms. The number of hydrogen-bond donors (Lipinski definition) is 0. The van der Waals surface area contributed by atoms with Crippen molar-refractivity contribution in [3.8, 4) is 0 Å². The standard InChI is InChI=1S/C14H22.C12H10N.C5H10.4C2H6.3CH3.Zr/c1-7-9(3)13-11(5)8(2)12(6)14(13)10(7)4;1-3-7-11(8-4-1)13-12-9-5-2-6-10-12;1-2-4-5-3-1;4*1-2;;;;/h7,9,11,13H,1-6H3;1-10H;1-5H2;4*1-2H3;3*1H3;/q;-1;;;;;;3*-1;+4/t7?,9-,11+,13?;;;;;;;;;;/m1........../s1. The molecule has 2 unspecified atom stereocenters. The van der Waals surface area contributed by atoms with Crippen LogP contribution in [0.3, 0.4) is 0 Å². The van der Waals surface area contributed by atoms with Crippen molar-refractivity contribution in [3.63, 3.8) is 0 Å². The Morgan fingerprint density at radius 1 is 0.500 bits per heavy atom. The van der Waals surface area contributed by atoms with Gasteiger partial charge in [0.2, 0.25) is 0 Å². The van der Waals surface area contributed by atoms with Crippen LogP contribution in [0.4, 0.5) is 11.4 Å². The van der Waals surface area contributed by atoms with Crippen molar-refractivity contribution in [2.45, 2.75) is 129 Å². The third-order valence-corrected chi connectivity index (χ3v) is 8.03. The molecule has 4 atom stereocenters. The molecular weight excluding hydrogens is 610 g/mol. The van der Waals surface area contributed by atoms with Crippen LogP contribution in [0.2, 0.25) is 0 Å². The van der Waals surface area contributed by atoms with E-state index in [0.717, 1.165) is 35.0 Å². The smallest absolute Gasteiger partial charge is 0.658 e. The Morgan fingerprint density at radius 2 is 0.818 bits per heavy atom. The van der Waals surface area contributed by atoms with E-state index in [9.17, 15) is 0 Å². The monoisotopic (exact) mass is 683 g/mol. The molecule has 0 radical (unpaired) electrons. The first-order chi connectivity index (χ1) is 19.4. The van der Waals surface area contributed by atoms with Gasteiger partial charge in [-0.15, -0.1) is 11.4 Å². The zero-order chi connectivity index (χ0) is 31.1. The van der Waals surface area contributed by atoms with E-state index in [1.165, 1.54) is 32.1 Å². The molecule has 1 saturated carbocycles. The quantitative estimate of drug-likeness (QED) is 0.280. The molecule has 0 aliphatic heterocycles. The molecule has 2 aromatic carbocycles. The van der Waals surface area contributed by atoms with Gasteiger partial charge >= 0.3 is 26.2 Å². The molecule has 0 saturated heterocycles. The van der Waals surface area contributed by atoms with Crippen molar-refractivity contribution in [3.05, 3.63) is 111 Å². The summed E-state index contributed by atoms with van der Waals surface area (Å²) >= 11 is 0. The van der Waals surface area contributed by atoms with Gasteiger partial charge in [-0.3, -0.25) is 0 Å². The molecule has 0 aromatic heterocycles. The minimum Gasteiger partial charge on any atom is -0.658 e. The zero-order valence-corrected chi connectivity index (χ0v) is 35.0. The second-order valence-corrected chi connectivity index (χ2v) is 9.92. The zero-order valence-electron chi connectivity index (χ0n) is 32.6. The summed E-state index contributed by atoms with van der Waals surface area (Å²) in [6.07, 6.45) is 7.50. The molecule has 5 rings (SSSR count). The fourth-order valence-electron chi connectivity index (χ4n) is 5.59. The van der Waals surface area contributed by atoms with E-state index >= 15 is 0 Å². The van der Waals surface area contributed by atoms with Gasteiger partial charge in [0.15, 0.2) is 0 Å². The van der Waals surface area contributed by atoms with Crippen LogP contribution in [0, 0.1) is 46.0 Å². The van der Waals surface area contributed by atoms with E-state index in [1.54, 1.807) is 22.3 Å². The van der Waals surface area contributed by atoms with Gasteiger partial charge in [-0.05, 0) is 55.6 Å². The van der Waals surface area contributed by atoms with E-state index in [1.807, 2.05) is 116 Å². The summed E-state index contributed by atoms with van der Waals surface area (Å²) in [5.41, 5.74) is 8.57. The Kier molecular flexibility index (Phi) is 43.1. The number of para-hydroxylation sites is 2. The van der Waals surface area contributed by atoms with E-state index < -0.39 is 0 Å². The van der Waals surface area contributed by atoms with Crippen molar-refractivity contribution >= 4 is 11.4 Å². The average Bonchev–Trinajstić information content (AvgIpc) is 3.74. The van der Waals surface area contributed by atoms with Gasteiger partial charge in [-0.2, -0.15) is 0 Å². The number of hydrogen-bond acceptors (Lipinski definition) is 0. The molecule has 252 valence electrons. The molecule has 1 nitrogen and oxygen atoms in total. The van der Waals surface area contributed by atoms with E-state index in [-0.39, 0.29) is 48.5 Å². The Balaban J connectivity index is -0.000000112. The number of benzene rings is 2. The van der Waals surface area contributed by atoms with E-state index in [4.69, 9.17) is 0 Å². The van der Waals surface area contributed by atoms with Gasteiger partial charge in [-0.1, -0.05) is 180 Å². The van der Waals surface area contributed by atoms with Crippen LogP contribution in [-0.2, 0) is 26.2 Å². The maximum Gasteiger partial charge on any atom is 4.00 e. The summed E-state index contributed by atoms with van der Waals surface area (Å²) in [4.78, 5) is 0. The SMILES string of the molecule is C1CCCC1.CC.CC.CC.CC.CC1=C(C)[C@H](C)C2C1=C(C)C(C)[C@H]2C.[CH3-].[CH3-].[CH3-].[Zr+4].c1ccc([N-]c2ccccc2)cc1. The molecule has 0 amide bonds. The van der Waals surface area contributed by atoms with E-state index in [2.05, 4.69) is 46.9 Å². The Morgan fingerprint density at radius 3 is 1.11 bits per heavy atom. The topological polar surface area (TPSA) is 14.1 Å². The van der Waals surface area contributed by atoms with Crippen molar-refractivity contribution in [2.75, 3.05) is 0 Å². The first kappa shape index (κ1) is 55.0. The first-order valence-corrected chi connectivity index (χ1v) is 16.6. The third kappa shape index (κ3) is 17.9.